The molecule has 1 aromatic carbocycles. The van der Waals surface area contributed by atoms with Crippen LogP contribution < -0.4 is 10.6 Å². The Kier molecular flexibility index (Phi) is 4.25. The van der Waals surface area contributed by atoms with Crippen molar-refractivity contribution in [2.45, 2.75) is 32.9 Å². The second-order valence-electron chi connectivity index (χ2n) is 5.39. The van der Waals surface area contributed by atoms with Crippen LogP contribution in [0.15, 0.2) is 22.6 Å². The Morgan fingerprint density at radius 3 is 2.65 bits per heavy atom. The standard InChI is InChI=1S/C13H16ClFN4O/c1-13(2,3)16-7-11-18-19-12(20-11)17-10-5-8(14)4-9(15)6-10/h4-6,16H,7H2,1-3H3,(H,17,19). The van der Waals surface area contributed by atoms with Crippen LogP contribution in [0.1, 0.15) is 26.7 Å². The Morgan fingerprint density at radius 2 is 2.00 bits per heavy atom. The summed E-state index contributed by atoms with van der Waals surface area (Å²) in [4.78, 5) is 0. The largest absolute Gasteiger partial charge is 0.406 e. The number of aromatic nitrogens is 2. The first kappa shape index (κ1) is 14.7. The van der Waals surface area contributed by atoms with Crippen molar-refractivity contribution in [3.63, 3.8) is 0 Å². The van der Waals surface area contributed by atoms with Gasteiger partial charge in [-0.2, -0.15) is 0 Å². The van der Waals surface area contributed by atoms with E-state index in [4.69, 9.17) is 16.0 Å². The van der Waals surface area contributed by atoms with Gasteiger partial charge in [-0.3, -0.25) is 0 Å². The Balaban J connectivity index is 2.02. The lowest BCUT2D eigenvalue weighted by Gasteiger charge is -2.18. The quantitative estimate of drug-likeness (QED) is 0.904. The van der Waals surface area contributed by atoms with Crippen LogP contribution in [-0.4, -0.2) is 15.7 Å². The molecule has 0 unspecified atom stereocenters. The Bertz CT molecular complexity index is 574. The maximum Gasteiger partial charge on any atom is 0.320 e. The van der Waals surface area contributed by atoms with E-state index in [1.165, 1.54) is 12.1 Å². The van der Waals surface area contributed by atoms with Crippen molar-refractivity contribution in [2.24, 2.45) is 0 Å². The smallest absolute Gasteiger partial charge is 0.320 e. The summed E-state index contributed by atoms with van der Waals surface area (Å²) in [6.07, 6.45) is 0. The molecule has 2 N–H and O–H groups in total. The fraction of sp³-hybridized carbons (Fsp3) is 0.385. The van der Waals surface area contributed by atoms with Crippen LogP contribution in [0.2, 0.25) is 5.02 Å². The van der Waals surface area contributed by atoms with E-state index < -0.39 is 5.82 Å². The van der Waals surface area contributed by atoms with Gasteiger partial charge in [-0.05, 0) is 39.0 Å². The van der Waals surface area contributed by atoms with E-state index in [0.29, 0.717) is 23.1 Å². The Morgan fingerprint density at radius 1 is 1.25 bits per heavy atom. The third kappa shape index (κ3) is 4.47. The van der Waals surface area contributed by atoms with Gasteiger partial charge in [0, 0.05) is 16.2 Å². The highest BCUT2D eigenvalue weighted by atomic mass is 35.5. The van der Waals surface area contributed by atoms with E-state index in [1.807, 2.05) is 20.8 Å². The predicted molar refractivity (Wildman–Crippen MR) is 75.6 cm³/mol. The highest BCUT2D eigenvalue weighted by Gasteiger charge is 2.12. The van der Waals surface area contributed by atoms with Gasteiger partial charge in [0.05, 0.1) is 6.54 Å². The van der Waals surface area contributed by atoms with Crippen molar-refractivity contribution >= 4 is 23.3 Å². The molecular formula is C13H16ClFN4O. The molecule has 1 aromatic heterocycles. The number of halogens is 2. The SMILES string of the molecule is CC(C)(C)NCc1nnc(Nc2cc(F)cc(Cl)c2)o1. The number of hydrogen-bond acceptors (Lipinski definition) is 5. The van der Waals surface area contributed by atoms with E-state index in [1.54, 1.807) is 6.07 Å². The van der Waals surface area contributed by atoms with Gasteiger partial charge < -0.3 is 15.1 Å². The molecule has 0 amide bonds. The lowest BCUT2D eigenvalue weighted by Crippen LogP contribution is -2.35. The van der Waals surface area contributed by atoms with E-state index in [9.17, 15) is 4.39 Å². The molecule has 0 aliphatic heterocycles. The fourth-order valence-electron chi connectivity index (χ4n) is 1.47. The van der Waals surface area contributed by atoms with Crippen LogP contribution in [0.25, 0.3) is 0 Å². The topological polar surface area (TPSA) is 63.0 Å². The zero-order valence-corrected chi connectivity index (χ0v) is 12.3. The molecule has 7 heteroatoms. The summed E-state index contributed by atoms with van der Waals surface area (Å²) in [7, 11) is 0. The molecule has 0 saturated carbocycles. The van der Waals surface area contributed by atoms with Crippen molar-refractivity contribution in [3.05, 3.63) is 34.9 Å². The molecule has 0 bridgehead atoms. The van der Waals surface area contributed by atoms with Crippen molar-refractivity contribution in [1.29, 1.82) is 0 Å². The summed E-state index contributed by atoms with van der Waals surface area (Å²) in [5.41, 5.74) is 0.409. The van der Waals surface area contributed by atoms with E-state index >= 15 is 0 Å². The van der Waals surface area contributed by atoms with Crippen molar-refractivity contribution in [1.82, 2.24) is 15.5 Å². The zero-order chi connectivity index (χ0) is 14.8. The average Bonchev–Trinajstić information content (AvgIpc) is 2.72. The molecule has 0 radical (unpaired) electrons. The molecule has 0 aliphatic carbocycles. The normalized spacial score (nSPS) is 11.7. The molecule has 108 valence electrons. The van der Waals surface area contributed by atoms with Gasteiger partial charge in [-0.25, -0.2) is 4.39 Å². The molecule has 0 atom stereocenters. The van der Waals surface area contributed by atoms with Crippen molar-refractivity contribution in [3.8, 4) is 0 Å². The lowest BCUT2D eigenvalue weighted by molar-refractivity contribution is 0.384. The lowest BCUT2D eigenvalue weighted by atomic mass is 10.1. The molecule has 0 aliphatic rings. The zero-order valence-electron chi connectivity index (χ0n) is 11.5. The van der Waals surface area contributed by atoms with E-state index in [-0.39, 0.29) is 11.6 Å². The van der Waals surface area contributed by atoms with Crippen LogP contribution in [0.5, 0.6) is 0 Å². The fourth-order valence-corrected chi connectivity index (χ4v) is 1.69. The number of rotatable bonds is 4. The number of nitrogens with one attached hydrogen (secondary N) is 2. The highest BCUT2D eigenvalue weighted by molar-refractivity contribution is 6.30. The summed E-state index contributed by atoms with van der Waals surface area (Å²) in [5, 5.41) is 14.1. The van der Waals surface area contributed by atoms with Gasteiger partial charge in [-0.1, -0.05) is 16.7 Å². The number of anilines is 2. The Hall–Kier alpha value is -1.66. The molecule has 2 rings (SSSR count). The minimum Gasteiger partial charge on any atom is -0.406 e. The first-order valence-corrected chi connectivity index (χ1v) is 6.50. The van der Waals surface area contributed by atoms with Gasteiger partial charge >= 0.3 is 6.01 Å². The minimum absolute atomic E-state index is 0.0435. The van der Waals surface area contributed by atoms with Gasteiger partial charge in [0.1, 0.15) is 5.82 Å². The van der Waals surface area contributed by atoms with Crippen molar-refractivity contribution < 1.29 is 8.81 Å². The monoisotopic (exact) mass is 298 g/mol. The first-order chi connectivity index (χ1) is 9.32. The molecule has 0 spiro atoms. The number of benzene rings is 1. The number of hydrogen-bond donors (Lipinski definition) is 2. The molecular weight excluding hydrogens is 283 g/mol. The second kappa shape index (κ2) is 5.76. The molecule has 5 nitrogen and oxygen atoms in total. The summed E-state index contributed by atoms with van der Waals surface area (Å²) >= 11 is 5.76. The van der Waals surface area contributed by atoms with Crippen molar-refractivity contribution in [2.75, 3.05) is 5.32 Å². The highest BCUT2D eigenvalue weighted by Crippen LogP contribution is 2.21. The third-order valence-electron chi connectivity index (χ3n) is 2.35. The second-order valence-corrected chi connectivity index (χ2v) is 5.82. The molecule has 1 heterocycles. The maximum absolute atomic E-state index is 13.2. The predicted octanol–water partition coefficient (Wildman–Crippen LogP) is 3.49. The Labute approximate surface area is 121 Å². The molecule has 0 saturated heterocycles. The van der Waals surface area contributed by atoms with Gasteiger partial charge in [-0.15, -0.1) is 5.10 Å². The minimum atomic E-state index is -0.436. The van der Waals surface area contributed by atoms with Crippen LogP contribution in [0, 0.1) is 5.82 Å². The summed E-state index contributed by atoms with van der Waals surface area (Å²) in [6.45, 7) is 6.58. The van der Waals surface area contributed by atoms with Gasteiger partial charge in [0.15, 0.2) is 0 Å². The summed E-state index contributed by atoms with van der Waals surface area (Å²) in [6, 6.07) is 4.28. The number of nitrogens with zero attached hydrogens (tertiary/aromatic N) is 2. The van der Waals surface area contributed by atoms with Gasteiger partial charge in [0.25, 0.3) is 0 Å². The summed E-state index contributed by atoms with van der Waals surface area (Å²) < 4.78 is 18.6. The molecule has 20 heavy (non-hydrogen) atoms. The third-order valence-corrected chi connectivity index (χ3v) is 2.57. The van der Waals surface area contributed by atoms with E-state index in [0.717, 1.165) is 0 Å². The van der Waals surface area contributed by atoms with E-state index in [2.05, 4.69) is 20.8 Å². The maximum atomic E-state index is 13.2. The van der Waals surface area contributed by atoms with Crippen LogP contribution in [0.4, 0.5) is 16.1 Å². The first-order valence-electron chi connectivity index (χ1n) is 6.12. The molecule has 0 fully saturated rings. The summed E-state index contributed by atoms with van der Waals surface area (Å²) in [5.74, 6) is 0.0130. The van der Waals surface area contributed by atoms with Gasteiger partial charge in [0.2, 0.25) is 5.89 Å². The van der Waals surface area contributed by atoms with Crippen LogP contribution in [-0.2, 0) is 6.54 Å². The van der Waals surface area contributed by atoms with Crippen LogP contribution >= 0.6 is 11.6 Å². The van der Waals surface area contributed by atoms with Crippen LogP contribution in [0.3, 0.4) is 0 Å². The average molecular weight is 299 g/mol. The molecule has 2 aromatic rings.